The summed E-state index contributed by atoms with van der Waals surface area (Å²) in [5, 5.41) is 6.75. The van der Waals surface area contributed by atoms with Crippen molar-refractivity contribution in [3.8, 4) is 0 Å². The van der Waals surface area contributed by atoms with Crippen LogP contribution in [0.2, 0.25) is 0 Å². The number of hydrogen-bond donors (Lipinski definition) is 2. The molecule has 1 fully saturated rings. The van der Waals surface area contributed by atoms with Crippen LogP contribution in [-0.4, -0.2) is 75.2 Å². The molecular weight excluding hydrogens is 274 g/mol. The van der Waals surface area contributed by atoms with Gasteiger partial charge in [0, 0.05) is 26.2 Å². The Kier molecular flexibility index (Phi) is 11.1. The summed E-state index contributed by atoms with van der Waals surface area (Å²) in [5.74, 6) is 0.961. The fraction of sp³-hybridized carbons (Fsp3) is 0.941. The van der Waals surface area contributed by atoms with E-state index in [1.807, 2.05) is 0 Å². The van der Waals surface area contributed by atoms with E-state index in [0.29, 0.717) is 0 Å². The fourth-order valence-electron chi connectivity index (χ4n) is 2.71. The van der Waals surface area contributed by atoms with Gasteiger partial charge in [-0.2, -0.15) is 0 Å². The van der Waals surface area contributed by atoms with E-state index >= 15 is 0 Å². The third-order valence-corrected chi connectivity index (χ3v) is 4.27. The van der Waals surface area contributed by atoms with Crippen LogP contribution >= 0.6 is 0 Å². The van der Waals surface area contributed by atoms with Gasteiger partial charge in [-0.15, -0.1) is 0 Å². The van der Waals surface area contributed by atoms with Crippen LogP contribution in [0.5, 0.6) is 0 Å². The van der Waals surface area contributed by atoms with Crippen molar-refractivity contribution in [2.45, 2.75) is 46.0 Å². The second kappa shape index (κ2) is 12.7. The van der Waals surface area contributed by atoms with Crippen molar-refractivity contribution in [3.05, 3.63) is 0 Å². The van der Waals surface area contributed by atoms with E-state index in [1.165, 1.54) is 45.3 Å². The predicted octanol–water partition coefficient (Wildman–Crippen LogP) is 1.76. The second-order valence-corrected chi connectivity index (χ2v) is 6.19. The highest BCUT2D eigenvalue weighted by molar-refractivity contribution is 5.79. The topological polar surface area (TPSA) is 42.9 Å². The minimum absolute atomic E-state index is 0.912. The second-order valence-electron chi connectivity index (χ2n) is 6.19. The van der Waals surface area contributed by atoms with E-state index in [-0.39, 0.29) is 0 Å². The van der Waals surface area contributed by atoms with Gasteiger partial charge in [0.25, 0.3) is 0 Å². The first kappa shape index (κ1) is 19.2. The highest BCUT2D eigenvalue weighted by Gasteiger charge is 2.07. The summed E-state index contributed by atoms with van der Waals surface area (Å²) < 4.78 is 0. The number of rotatable bonds is 9. The molecule has 0 aromatic rings. The number of likely N-dealkylation sites (tertiary alicyclic amines) is 1. The maximum Gasteiger partial charge on any atom is 0.191 e. The Labute approximate surface area is 137 Å². The van der Waals surface area contributed by atoms with E-state index in [2.05, 4.69) is 41.3 Å². The molecule has 0 unspecified atom stereocenters. The van der Waals surface area contributed by atoms with Crippen LogP contribution in [0.25, 0.3) is 0 Å². The van der Waals surface area contributed by atoms with Gasteiger partial charge >= 0.3 is 0 Å². The van der Waals surface area contributed by atoms with Gasteiger partial charge in [-0.1, -0.05) is 19.8 Å². The first-order valence-electron chi connectivity index (χ1n) is 9.19. The summed E-state index contributed by atoms with van der Waals surface area (Å²) in [6, 6.07) is 0. The van der Waals surface area contributed by atoms with E-state index in [1.54, 1.807) is 0 Å². The Morgan fingerprint density at radius 3 is 2.45 bits per heavy atom. The van der Waals surface area contributed by atoms with Crippen molar-refractivity contribution >= 4 is 5.96 Å². The van der Waals surface area contributed by atoms with E-state index < -0.39 is 0 Å². The smallest absolute Gasteiger partial charge is 0.191 e. The summed E-state index contributed by atoms with van der Waals surface area (Å²) >= 11 is 0. The molecule has 5 heteroatoms. The fourth-order valence-corrected chi connectivity index (χ4v) is 2.71. The Morgan fingerprint density at radius 2 is 1.82 bits per heavy atom. The molecule has 0 atom stereocenters. The van der Waals surface area contributed by atoms with Crippen molar-refractivity contribution in [2.24, 2.45) is 4.99 Å². The SMILES string of the molecule is CCNC(=NCCCN1CCCCCC1)NCCN(C)CC. The van der Waals surface area contributed by atoms with E-state index in [9.17, 15) is 0 Å². The standard InChI is InChI=1S/C17H37N5/c1-4-18-17(20-12-16-21(3)5-2)19-11-10-15-22-13-8-6-7-9-14-22/h4-16H2,1-3H3,(H2,18,19,20). The summed E-state index contributed by atoms with van der Waals surface area (Å²) in [4.78, 5) is 9.60. The average Bonchev–Trinajstić information content (AvgIpc) is 2.80. The van der Waals surface area contributed by atoms with Gasteiger partial charge in [0.15, 0.2) is 5.96 Å². The lowest BCUT2D eigenvalue weighted by molar-refractivity contribution is 0.283. The molecular formula is C17H37N5. The van der Waals surface area contributed by atoms with Gasteiger partial charge in [0.1, 0.15) is 0 Å². The third-order valence-electron chi connectivity index (χ3n) is 4.27. The maximum absolute atomic E-state index is 4.69. The van der Waals surface area contributed by atoms with E-state index in [0.717, 1.165) is 45.1 Å². The van der Waals surface area contributed by atoms with Gasteiger partial charge in [-0.3, -0.25) is 4.99 Å². The van der Waals surface area contributed by atoms with Crippen molar-refractivity contribution < 1.29 is 0 Å². The van der Waals surface area contributed by atoms with Crippen molar-refractivity contribution in [2.75, 3.05) is 59.4 Å². The summed E-state index contributed by atoms with van der Waals surface area (Å²) in [6.45, 7) is 13.0. The molecule has 1 rings (SSSR count). The lowest BCUT2D eigenvalue weighted by Gasteiger charge is -2.19. The lowest BCUT2D eigenvalue weighted by atomic mass is 10.2. The summed E-state index contributed by atoms with van der Waals surface area (Å²) in [5.41, 5.74) is 0. The minimum atomic E-state index is 0.912. The Bertz CT molecular complexity index is 285. The lowest BCUT2D eigenvalue weighted by Crippen LogP contribution is -2.41. The molecule has 22 heavy (non-hydrogen) atoms. The summed E-state index contributed by atoms with van der Waals surface area (Å²) in [7, 11) is 2.15. The van der Waals surface area contributed by atoms with Crippen LogP contribution in [0.15, 0.2) is 4.99 Å². The first-order chi connectivity index (χ1) is 10.8. The van der Waals surface area contributed by atoms with Crippen LogP contribution in [0.1, 0.15) is 46.0 Å². The molecule has 1 saturated heterocycles. The van der Waals surface area contributed by atoms with Crippen LogP contribution in [-0.2, 0) is 0 Å². The normalized spacial score (nSPS) is 17.5. The average molecular weight is 312 g/mol. The first-order valence-corrected chi connectivity index (χ1v) is 9.19. The van der Waals surface area contributed by atoms with E-state index in [4.69, 9.17) is 4.99 Å². The maximum atomic E-state index is 4.69. The Hall–Kier alpha value is -0.810. The number of nitrogens with zero attached hydrogens (tertiary/aromatic N) is 3. The monoisotopic (exact) mass is 311 g/mol. The predicted molar refractivity (Wildman–Crippen MR) is 96.7 cm³/mol. The molecule has 0 radical (unpaired) electrons. The number of nitrogens with one attached hydrogen (secondary N) is 2. The highest BCUT2D eigenvalue weighted by atomic mass is 15.2. The van der Waals surface area contributed by atoms with Gasteiger partial charge in [0.05, 0.1) is 0 Å². The summed E-state index contributed by atoms with van der Waals surface area (Å²) in [6.07, 6.45) is 6.73. The van der Waals surface area contributed by atoms with Gasteiger partial charge in [-0.25, -0.2) is 0 Å². The molecule has 2 N–H and O–H groups in total. The van der Waals surface area contributed by atoms with Crippen LogP contribution in [0, 0.1) is 0 Å². The molecule has 0 spiro atoms. The van der Waals surface area contributed by atoms with Crippen molar-refractivity contribution in [3.63, 3.8) is 0 Å². The van der Waals surface area contributed by atoms with Crippen LogP contribution in [0.4, 0.5) is 0 Å². The third kappa shape index (κ3) is 9.26. The molecule has 5 nitrogen and oxygen atoms in total. The molecule has 0 amide bonds. The molecule has 0 saturated carbocycles. The zero-order chi connectivity index (χ0) is 16.0. The molecule has 0 aromatic heterocycles. The van der Waals surface area contributed by atoms with Gasteiger partial charge in [0.2, 0.25) is 0 Å². The number of likely N-dealkylation sites (N-methyl/N-ethyl adjacent to an activating group) is 1. The number of guanidine groups is 1. The zero-order valence-electron chi connectivity index (χ0n) is 15.0. The molecule has 0 aliphatic carbocycles. The minimum Gasteiger partial charge on any atom is -0.357 e. The molecule has 1 aliphatic heterocycles. The van der Waals surface area contributed by atoms with Crippen molar-refractivity contribution in [1.82, 2.24) is 20.4 Å². The molecule has 0 aromatic carbocycles. The van der Waals surface area contributed by atoms with Crippen LogP contribution < -0.4 is 10.6 Å². The largest absolute Gasteiger partial charge is 0.357 e. The highest BCUT2D eigenvalue weighted by Crippen LogP contribution is 2.09. The molecule has 1 aliphatic rings. The van der Waals surface area contributed by atoms with Crippen molar-refractivity contribution in [1.29, 1.82) is 0 Å². The Morgan fingerprint density at radius 1 is 1.09 bits per heavy atom. The Balaban J connectivity index is 2.20. The zero-order valence-corrected chi connectivity index (χ0v) is 15.0. The molecule has 1 heterocycles. The van der Waals surface area contributed by atoms with Crippen LogP contribution in [0.3, 0.4) is 0 Å². The number of aliphatic imine (C=N–C) groups is 1. The molecule has 130 valence electrons. The van der Waals surface area contributed by atoms with Gasteiger partial charge < -0.3 is 20.4 Å². The van der Waals surface area contributed by atoms with Gasteiger partial charge in [-0.05, 0) is 59.4 Å². The molecule has 0 bridgehead atoms. The quantitative estimate of drug-likeness (QED) is 0.387. The number of hydrogen-bond acceptors (Lipinski definition) is 3.